The largest absolute Gasteiger partial charge is 0.460 e. The summed E-state index contributed by atoms with van der Waals surface area (Å²) in [6, 6.07) is 14.4. The molecule has 0 spiro atoms. The van der Waals surface area contributed by atoms with Crippen molar-refractivity contribution in [3.05, 3.63) is 89.5 Å². The van der Waals surface area contributed by atoms with Gasteiger partial charge in [0.05, 0.1) is 22.6 Å². The summed E-state index contributed by atoms with van der Waals surface area (Å²) < 4.78 is 48.3. The first-order chi connectivity index (χ1) is 17.6. The zero-order valence-electron chi connectivity index (χ0n) is 20.9. The van der Waals surface area contributed by atoms with E-state index in [4.69, 9.17) is 4.74 Å². The average Bonchev–Trinajstić information content (AvgIpc) is 3.20. The number of carbonyl (C=O) groups excluding carboxylic acids is 1. The predicted octanol–water partition coefficient (Wildman–Crippen LogP) is 6.86. The fourth-order valence-electron chi connectivity index (χ4n) is 4.15. The molecule has 2 aromatic carbocycles. The van der Waals surface area contributed by atoms with Crippen molar-refractivity contribution in [3.63, 3.8) is 0 Å². The third kappa shape index (κ3) is 5.66. The van der Waals surface area contributed by atoms with Crippen molar-refractivity contribution in [2.75, 3.05) is 5.32 Å². The molecule has 1 atom stereocenters. The molecule has 2 heterocycles. The molecule has 37 heavy (non-hydrogen) atoms. The molecule has 1 N–H and O–H groups in total. The van der Waals surface area contributed by atoms with Crippen LogP contribution in [0.5, 0.6) is 5.75 Å². The summed E-state index contributed by atoms with van der Waals surface area (Å²) in [5.74, 6) is -3.13. The van der Waals surface area contributed by atoms with Crippen molar-refractivity contribution in [1.29, 1.82) is 0 Å². The van der Waals surface area contributed by atoms with Crippen LogP contribution in [0.2, 0.25) is 0 Å². The van der Waals surface area contributed by atoms with Gasteiger partial charge in [0.15, 0.2) is 0 Å². The highest BCUT2D eigenvalue weighted by molar-refractivity contribution is 6.06. The SMILES string of the molecule is CCc1c(C(=O)Nc2cccc(C(C)(F)F)c2)c(C)nn1-c1ccc(OC(C)F)c(-c2cccnc2)c1. The number of hydrogen-bond acceptors (Lipinski definition) is 4. The van der Waals surface area contributed by atoms with Gasteiger partial charge in [0, 0.05) is 48.6 Å². The summed E-state index contributed by atoms with van der Waals surface area (Å²) in [6.07, 6.45) is 2.25. The zero-order valence-corrected chi connectivity index (χ0v) is 20.9. The van der Waals surface area contributed by atoms with Crippen LogP contribution in [-0.4, -0.2) is 27.0 Å². The number of pyridine rings is 1. The first kappa shape index (κ1) is 25.9. The van der Waals surface area contributed by atoms with Gasteiger partial charge in [-0.1, -0.05) is 25.1 Å². The van der Waals surface area contributed by atoms with Gasteiger partial charge < -0.3 is 10.1 Å². The Kier molecular flexibility index (Phi) is 7.33. The van der Waals surface area contributed by atoms with Crippen LogP contribution in [0, 0.1) is 6.92 Å². The number of halogens is 3. The molecule has 0 fully saturated rings. The summed E-state index contributed by atoms with van der Waals surface area (Å²) in [6.45, 7) is 5.72. The fourth-order valence-corrected chi connectivity index (χ4v) is 4.15. The van der Waals surface area contributed by atoms with Crippen LogP contribution in [-0.2, 0) is 12.3 Å². The van der Waals surface area contributed by atoms with Crippen molar-refractivity contribution in [2.24, 2.45) is 0 Å². The zero-order chi connectivity index (χ0) is 26.7. The Hall–Kier alpha value is -4.14. The maximum absolute atomic E-state index is 13.8. The van der Waals surface area contributed by atoms with E-state index >= 15 is 0 Å². The molecule has 192 valence electrons. The monoisotopic (exact) mass is 508 g/mol. The Morgan fingerprint density at radius 2 is 1.95 bits per heavy atom. The van der Waals surface area contributed by atoms with Gasteiger partial charge in [-0.3, -0.25) is 9.78 Å². The normalized spacial score (nSPS) is 12.3. The number of ether oxygens (including phenoxy) is 1. The Morgan fingerprint density at radius 1 is 1.16 bits per heavy atom. The number of aryl methyl sites for hydroxylation is 1. The topological polar surface area (TPSA) is 69.0 Å². The molecule has 1 amide bonds. The number of alkyl halides is 3. The summed E-state index contributed by atoms with van der Waals surface area (Å²) in [5, 5.41) is 7.33. The Bertz CT molecular complexity index is 1410. The molecule has 2 aromatic heterocycles. The molecule has 0 aliphatic rings. The van der Waals surface area contributed by atoms with Crippen LogP contribution in [0.4, 0.5) is 18.9 Å². The number of nitrogens with zero attached hydrogens (tertiary/aromatic N) is 3. The maximum Gasteiger partial charge on any atom is 0.270 e. The van der Waals surface area contributed by atoms with E-state index in [2.05, 4.69) is 15.4 Å². The number of rotatable bonds is 8. The van der Waals surface area contributed by atoms with E-state index in [1.54, 1.807) is 54.3 Å². The molecule has 0 aliphatic carbocycles. The van der Waals surface area contributed by atoms with E-state index in [1.165, 1.54) is 25.1 Å². The quantitative estimate of drug-likeness (QED) is 0.282. The van der Waals surface area contributed by atoms with Crippen molar-refractivity contribution in [2.45, 2.75) is 46.4 Å². The van der Waals surface area contributed by atoms with Gasteiger partial charge in [-0.15, -0.1) is 0 Å². The second-order valence-electron chi connectivity index (χ2n) is 8.68. The van der Waals surface area contributed by atoms with Crippen LogP contribution in [0.15, 0.2) is 67.0 Å². The highest BCUT2D eigenvalue weighted by Gasteiger charge is 2.26. The predicted molar refractivity (Wildman–Crippen MR) is 136 cm³/mol. The second-order valence-corrected chi connectivity index (χ2v) is 8.68. The summed E-state index contributed by atoms with van der Waals surface area (Å²) in [7, 11) is 0. The lowest BCUT2D eigenvalue weighted by atomic mass is 10.1. The summed E-state index contributed by atoms with van der Waals surface area (Å²) in [5.41, 5.74) is 3.53. The molecule has 0 radical (unpaired) electrons. The number of anilines is 1. The molecule has 9 heteroatoms. The van der Waals surface area contributed by atoms with Crippen LogP contribution in [0.1, 0.15) is 48.1 Å². The lowest BCUT2D eigenvalue weighted by Crippen LogP contribution is -2.16. The van der Waals surface area contributed by atoms with E-state index in [1.807, 2.05) is 13.0 Å². The minimum Gasteiger partial charge on any atom is -0.460 e. The highest BCUT2D eigenvalue weighted by Crippen LogP contribution is 2.34. The summed E-state index contributed by atoms with van der Waals surface area (Å²) in [4.78, 5) is 17.4. The van der Waals surface area contributed by atoms with Gasteiger partial charge in [-0.05, 0) is 49.7 Å². The molecular weight excluding hydrogens is 481 g/mol. The van der Waals surface area contributed by atoms with Gasteiger partial charge >= 0.3 is 0 Å². The molecule has 0 saturated heterocycles. The van der Waals surface area contributed by atoms with Gasteiger partial charge in [0.2, 0.25) is 6.36 Å². The molecule has 0 saturated carbocycles. The lowest BCUT2D eigenvalue weighted by Gasteiger charge is -2.15. The third-order valence-electron chi connectivity index (χ3n) is 5.81. The highest BCUT2D eigenvalue weighted by atomic mass is 19.3. The first-order valence-electron chi connectivity index (χ1n) is 11.8. The minimum atomic E-state index is -3.03. The molecule has 0 aliphatic heterocycles. The summed E-state index contributed by atoms with van der Waals surface area (Å²) >= 11 is 0. The Labute approximate surface area is 213 Å². The van der Waals surface area contributed by atoms with Gasteiger partial charge in [-0.25, -0.2) is 17.9 Å². The number of benzene rings is 2. The molecule has 1 unspecified atom stereocenters. The number of aromatic nitrogens is 3. The number of amides is 1. The number of nitrogens with one attached hydrogen (secondary N) is 1. The van der Waals surface area contributed by atoms with Gasteiger partial charge in [-0.2, -0.15) is 5.10 Å². The van der Waals surface area contributed by atoms with Crippen LogP contribution in [0.3, 0.4) is 0 Å². The average molecular weight is 509 g/mol. The smallest absolute Gasteiger partial charge is 0.270 e. The van der Waals surface area contributed by atoms with Crippen molar-refractivity contribution in [3.8, 4) is 22.6 Å². The Morgan fingerprint density at radius 3 is 2.59 bits per heavy atom. The van der Waals surface area contributed by atoms with Crippen molar-refractivity contribution < 1.29 is 22.7 Å². The van der Waals surface area contributed by atoms with E-state index < -0.39 is 18.2 Å². The first-order valence-corrected chi connectivity index (χ1v) is 11.8. The minimum absolute atomic E-state index is 0.193. The van der Waals surface area contributed by atoms with Gasteiger partial charge in [0.25, 0.3) is 11.8 Å². The number of hydrogen-bond donors (Lipinski definition) is 1. The maximum atomic E-state index is 13.8. The fraction of sp³-hybridized carbons (Fsp3) is 0.250. The molecular formula is C28H27F3N4O2. The van der Waals surface area contributed by atoms with Crippen LogP contribution >= 0.6 is 0 Å². The second kappa shape index (κ2) is 10.5. The lowest BCUT2D eigenvalue weighted by molar-refractivity contribution is 0.0175. The number of carbonyl (C=O) groups is 1. The third-order valence-corrected chi connectivity index (χ3v) is 5.81. The van der Waals surface area contributed by atoms with Crippen LogP contribution in [0.25, 0.3) is 16.8 Å². The molecule has 4 aromatic rings. The van der Waals surface area contributed by atoms with Crippen molar-refractivity contribution >= 4 is 11.6 Å². The molecule has 4 rings (SSSR count). The van der Waals surface area contributed by atoms with E-state index in [-0.39, 0.29) is 11.3 Å². The standard InChI is InChI=1S/C28H27F3N4O2/c1-5-24-26(27(36)33-21-10-6-9-20(14-21)28(4,30)31)17(2)34-35(24)22-11-12-25(37-18(3)29)23(15-22)19-8-7-13-32-16-19/h6-16,18H,5H2,1-4H3,(H,33,36). The molecule has 0 bridgehead atoms. The van der Waals surface area contributed by atoms with Gasteiger partial charge in [0.1, 0.15) is 5.75 Å². The van der Waals surface area contributed by atoms with E-state index in [0.29, 0.717) is 40.4 Å². The van der Waals surface area contributed by atoms with E-state index in [9.17, 15) is 18.0 Å². The van der Waals surface area contributed by atoms with E-state index in [0.717, 1.165) is 12.5 Å². The molecule has 6 nitrogen and oxygen atoms in total. The van der Waals surface area contributed by atoms with Crippen molar-refractivity contribution in [1.82, 2.24) is 14.8 Å². The van der Waals surface area contributed by atoms with Crippen LogP contribution < -0.4 is 10.1 Å². The Balaban J connectivity index is 1.74.